The number of aryl methyl sites for hydroxylation is 2. The van der Waals surface area contributed by atoms with Crippen LogP contribution in [0.5, 0.6) is 0 Å². The minimum Gasteiger partial charge on any atom is -0.391 e. The highest BCUT2D eigenvalue weighted by Crippen LogP contribution is 2.20. The van der Waals surface area contributed by atoms with Gasteiger partial charge in [0.15, 0.2) is 0 Å². The summed E-state index contributed by atoms with van der Waals surface area (Å²) < 4.78 is 0. The number of hydrogen-bond acceptors (Lipinski definition) is 4. The van der Waals surface area contributed by atoms with E-state index in [1.165, 1.54) is 0 Å². The molecule has 0 saturated carbocycles. The van der Waals surface area contributed by atoms with Crippen molar-refractivity contribution >= 4 is 5.82 Å². The van der Waals surface area contributed by atoms with Crippen LogP contribution in [0, 0.1) is 13.8 Å². The first kappa shape index (κ1) is 10.4. The molecule has 1 saturated heterocycles. The van der Waals surface area contributed by atoms with Crippen LogP contribution in [0.3, 0.4) is 0 Å². The lowest BCUT2D eigenvalue weighted by Crippen LogP contribution is -2.39. The van der Waals surface area contributed by atoms with Gasteiger partial charge in [0.1, 0.15) is 5.82 Å². The third-order valence-corrected chi connectivity index (χ3v) is 2.75. The molecule has 0 spiro atoms. The van der Waals surface area contributed by atoms with Gasteiger partial charge in [-0.15, -0.1) is 0 Å². The van der Waals surface area contributed by atoms with Crippen molar-refractivity contribution < 1.29 is 5.11 Å². The second-order valence-electron chi connectivity index (χ2n) is 4.16. The first-order valence-corrected chi connectivity index (χ1v) is 5.40. The molecule has 0 aliphatic carbocycles. The number of aliphatic hydroxyl groups is 1. The van der Waals surface area contributed by atoms with Crippen molar-refractivity contribution in [3.05, 3.63) is 17.6 Å². The van der Waals surface area contributed by atoms with Gasteiger partial charge >= 0.3 is 0 Å². The number of piperidine rings is 1. The standard InChI is InChI=1S/C11H17N3O/c1-8-6-12-9(2)11(13-8)14-5-3-4-10(15)7-14/h6,10,15H,3-5,7H2,1-2H3. The van der Waals surface area contributed by atoms with E-state index in [0.29, 0.717) is 6.54 Å². The zero-order chi connectivity index (χ0) is 10.8. The largest absolute Gasteiger partial charge is 0.391 e. The van der Waals surface area contributed by atoms with Crippen molar-refractivity contribution in [3.8, 4) is 0 Å². The summed E-state index contributed by atoms with van der Waals surface area (Å²) in [5, 5.41) is 9.61. The highest BCUT2D eigenvalue weighted by molar-refractivity contribution is 5.43. The molecule has 1 aromatic rings. The van der Waals surface area contributed by atoms with Gasteiger partial charge < -0.3 is 10.0 Å². The van der Waals surface area contributed by atoms with Gasteiger partial charge in [0.05, 0.1) is 17.5 Å². The van der Waals surface area contributed by atoms with E-state index in [9.17, 15) is 5.11 Å². The molecule has 1 fully saturated rings. The van der Waals surface area contributed by atoms with Crippen LogP contribution in [0.25, 0.3) is 0 Å². The van der Waals surface area contributed by atoms with E-state index in [0.717, 1.165) is 36.6 Å². The summed E-state index contributed by atoms with van der Waals surface area (Å²) in [6.45, 7) is 5.55. The Kier molecular flexibility index (Phi) is 2.86. The molecule has 1 atom stereocenters. The topological polar surface area (TPSA) is 49.2 Å². The second-order valence-corrected chi connectivity index (χ2v) is 4.16. The number of aliphatic hydroxyl groups excluding tert-OH is 1. The summed E-state index contributed by atoms with van der Waals surface area (Å²) in [7, 11) is 0. The fourth-order valence-electron chi connectivity index (χ4n) is 1.97. The average Bonchev–Trinajstić information content (AvgIpc) is 2.22. The van der Waals surface area contributed by atoms with E-state index in [-0.39, 0.29) is 6.10 Å². The Balaban J connectivity index is 2.24. The molecule has 2 rings (SSSR count). The molecule has 82 valence electrons. The Morgan fingerprint density at radius 3 is 3.00 bits per heavy atom. The molecule has 4 heteroatoms. The van der Waals surface area contributed by atoms with Crippen LogP contribution >= 0.6 is 0 Å². The van der Waals surface area contributed by atoms with E-state index >= 15 is 0 Å². The first-order chi connectivity index (χ1) is 7.16. The van der Waals surface area contributed by atoms with E-state index in [1.807, 2.05) is 13.8 Å². The van der Waals surface area contributed by atoms with Crippen LogP contribution in [-0.2, 0) is 0 Å². The number of anilines is 1. The lowest BCUT2D eigenvalue weighted by Gasteiger charge is -2.31. The fraction of sp³-hybridized carbons (Fsp3) is 0.636. The third kappa shape index (κ3) is 2.26. The van der Waals surface area contributed by atoms with Crippen molar-refractivity contribution in [3.63, 3.8) is 0 Å². The molecule has 1 aromatic heterocycles. The molecule has 2 heterocycles. The minimum absolute atomic E-state index is 0.222. The Labute approximate surface area is 90.0 Å². The van der Waals surface area contributed by atoms with Crippen LogP contribution in [0.4, 0.5) is 5.82 Å². The Hall–Kier alpha value is -1.16. The second kappa shape index (κ2) is 4.14. The number of aromatic nitrogens is 2. The summed E-state index contributed by atoms with van der Waals surface area (Å²) in [6.07, 6.45) is 3.48. The van der Waals surface area contributed by atoms with Gasteiger partial charge in [0.2, 0.25) is 0 Å². The number of hydrogen-bond donors (Lipinski definition) is 1. The third-order valence-electron chi connectivity index (χ3n) is 2.75. The van der Waals surface area contributed by atoms with Gasteiger partial charge in [-0.2, -0.15) is 0 Å². The minimum atomic E-state index is -0.222. The number of rotatable bonds is 1. The molecule has 1 N–H and O–H groups in total. The van der Waals surface area contributed by atoms with Crippen LogP contribution in [-0.4, -0.2) is 34.3 Å². The SMILES string of the molecule is Cc1cnc(C)c(N2CCCC(O)C2)n1. The van der Waals surface area contributed by atoms with Gasteiger partial charge in [-0.1, -0.05) is 0 Å². The highest BCUT2D eigenvalue weighted by Gasteiger charge is 2.20. The Morgan fingerprint density at radius 1 is 1.47 bits per heavy atom. The molecule has 0 radical (unpaired) electrons. The highest BCUT2D eigenvalue weighted by atomic mass is 16.3. The average molecular weight is 207 g/mol. The zero-order valence-corrected chi connectivity index (χ0v) is 9.27. The Bertz CT molecular complexity index is 354. The van der Waals surface area contributed by atoms with E-state index in [2.05, 4.69) is 14.9 Å². The lowest BCUT2D eigenvalue weighted by atomic mass is 10.1. The van der Waals surface area contributed by atoms with Crippen molar-refractivity contribution in [2.24, 2.45) is 0 Å². The van der Waals surface area contributed by atoms with Crippen LogP contribution in [0.1, 0.15) is 24.2 Å². The van der Waals surface area contributed by atoms with Crippen LogP contribution < -0.4 is 4.90 Å². The van der Waals surface area contributed by atoms with Gasteiger partial charge in [-0.25, -0.2) is 4.98 Å². The maximum atomic E-state index is 9.61. The summed E-state index contributed by atoms with van der Waals surface area (Å²) in [5.74, 6) is 0.925. The predicted molar refractivity (Wildman–Crippen MR) is 59.0 cm³/mol. The fourth-order valence-corrected chi connectivity index (χ4v) is 1.97. The molecule has 0 aromatic carbocycles. The molecule has 0 bridgehead atoms. The van der Waals surface area contributed by atoms with Crippen molar-refractivity contribution in [2.45, 2.75) is 32.8 Å². The van der Waals surface area contributed by atoms with Gasteiger partial charge in [-0.3, -0.25) is 4.98 Å². The smallest absolute Gasteiger partial charge is 0.150 e. The van der Waals surface area contributed by atoms with Gasteiger partial charge in [-0.05, 0) is 26.7 Å². The Morgan fingerprint density at radius 2 is 2.27 bits per heavy atom. The summed E-state index contributed by atoms with van der Waals surface area (Å²) in [5.41, 5.74) is 1.87. The van der Waals surface area contributed by atoms with Crippen LogP contribution in [0.2, 0.25) is 0 Å². The van der Waals surface area contributed by atoms with Gasteiger partial charge in [0.25, 0.3) is 0 Å². The molecular weight excluding hydrogens is 190 g/mol. The van der Waals surface area contributed by atoms with E-state index < -0.39 is 0 Å². The molecule has 1 aliphatic heterocycles. The summed E-state index contributed by atoms with van der Waals surface area (Å²) >= 11 is 0. The maximum Gasteiger partial charge on any atom is 0.150 e. The number of β-amino-alcohol motifs (C(OH)–C–C–N with tert-alkyl or cyclic N) is 1. The number of nitrogens with zero attached hydrogens (tertiary/aromatic N) is 3. The summed E-state index contributed by atoms with van der Waals surface area (Å²) in [6, 6.07) is 0. The molecule has 1 unspecified atom stereocenters. The zero-order valence-electron chi connectivity index (χ0n) is 9.27. The van der Waals surface area contributed by atoms with Crippen molar-refractivity contribution in [1.82, 2.24) is 9.97 Å². The monoisotopic (exact) mass is 207 g/mol. The van der Waals surface area contributed by atoms with E-state index in [4.69, 9.17) is 0 Å². The molecule has 15 heavy (non-hydrogen) atoms. The molecule has 4 nitrogen and oxygen atoms in total. The lowest BCUT2D eigenvalue weighted by molar-refractivity contribution is 0.153. The molecular formula is C11H17N3O. The van der Waals surface area contributed by atoms with Crippen LogP contribution in [0.15, 0.2) is 6.20 Å². The predicted octanol–water partition coefficient (Wildman–Crippen LogP) is 1.05. The molecule has 1 aliphatic rings. The first-order valence-electron chi connectivity index (χ1n) is 5.40. The van der Waals surface area contributed by atoms with Crippen molar-refractivity contribution in [2.75, 3.05) is 18.0 Å². The molecule has 0 amide bonds. The normalized spacial score (nSPS) is 21.8. The summed E-state index contributed by atoms with van der Waals surface area (Å²) in [4.78, 5) is 10.9. The maximum absolute atomic E-state index is 9.61. The van der Waals surface area contributed by atoms with Gasteiger partial charge in [0, 0.05) is 19.3 Å². The van der Waals surface area contributed by atoms with E-state index in [1.54, 1.807) is 6.20 Å². The quantitative estimate of drug-likeness (QED) is 0.748. The van der Waals surface area contributed by atoms with Crippen molar-refractivity contribution in [1.29, 1.82) is 0 Å².